The quantitative estimate of drug-likeness (QED) is 0.129. The highest BCUT2D eigenvalue weighted by atomic mass is 32.1. The van der Waals surface area contributed by atoms with Gasteiger partial charge in [0.1, 0.15) is 17.2 Å². The van der Waals surface area contributed by atoms with Gasteiger partial charge in [-0.2, -0.15) is 0 Å². The smallest absolute Gasteiger partial charge is 0.323 e. The van der Waals surface area contributed by atoms with Gasteiger partial charge in [-0.15, -0.1) is 11.3 Å². The number of likely N-dealkylation sites (tertiary alicyclic amines) is 1. The summed E-state index contributed by atoms with van der Waals surface area (Å²) in [6.45, 7) is 17.7. The van der Waals surface area contributed by atoms with Crippen LogP contribution in [-0.2, 0) is 48.0 Å². The molecule has 2 fully saturated rings. The summed E-state index contributed by atoms with van der Waals surface area (Å²) in [4.78, 5) is 84.5. The zero-order chi connectivity index (χ0) is 48.5. The normalized spacial score (nSPS) is 22.0. The summed E-state index contributed by atoms with van der Waals surface area (Å²) in [5.74, 6) is -1.84. The molecule has 16 nitrogen and oxygen atoms in total. The van der Waals surface area contributed by atoms with Crippen LogP contribution in [0.4, 0.5) is 4.79 Å². The molecule has 0 unspecified atom stereocenters. The van der Waals surface area contributed by atoms with Crippen LogP contribution in [0.2, 0.25) is 0 Å². The Bertz CT molecular complexity index is 2540. The maximum absolute atomic E-state index is 14.8. The molecule has 18 heteroatoms. The Kier molecular flexibility index (Phi) is 14.8. The summed E-state index contributed by atoms with van der Waals surface area (Å²) in [5.41, 5.74) is 9.40. The van der Waals surface area contributed by atoms with Crippen molar-refractivity contribution < 1.29 is 33.4 Å². The van der Waals surface area contributed by atoms with Crippen molar-refractivity contribution >= 4 is 62.2 Å². The summed E-state index contributed by atoms with van der Waals surface area (Å²) < 4.78 is 14.4. The Balaban J connectivity index is 1.27. The molecule has 67 heavy (non-hydrogen) atoms. The van der Waals surface area contributed by atoms with E-state index in [1.807, 2.05) is 32.2 Å². The maximum Gasteiger partial charge on any atom is 0.323 e. The molecule has 5 amide bonds. The van der Waals surface area contributed by atoms with Gasteiger partial charge in [0.25, 0.3) is 5.91 Å². The molecule has 0 aliphatic carbocycles. The number of methoxy groups -OCH3 is 1. The number of aromatic nitrogens is 3. The van der Waals surface area contributed by atoms with E-state index in [1.165, 1.54) is 27.3 Å². The fraction of sp³-hybridized carbons (Fsp3) is 0.531. The van der Waals surface area contributed by atoms with Crippen LogP contribution in [0.3, 0.4) is 0 Å². The summed E-state index contributed by atoms with van der Waals surface area (Å²) in [6.07, 6.45) is 5.09. The molecule has 7 rings (SSSR count). The van der Waals surface area contributed by atoms with Crippen molar-refractivity contribution in [3.8, 4) is 22.5 Å². The zero-order valence-corrected chi connectivity index (χ0v) is 43.5. The SMILES string of the molecule is C=CC(=O)N1CC[C@H](N(C)C(=O)N(C)[C@H](C(=O)N[C@H]2Cc3nc(cs3)-c3ccc4c(c3)c(c(-c3cccnc3[C@H](C)OC)n4CC)CC(C)(C)COC(=O)[C@@]3([SiH3])CCCN(N3)C2=O)C(C)C)C1. The van der Waals surface area contributed by atoms with E-state index in [2.05, 4.69) is 66.9 Å². The van der Waals surface area contributed by atoms with E-state index in [4.69, 9.17) is 19.4 Å². The monoisotopic (exact) mass is 953 g/mol. The van der Waals surface area contributed by atoms with E-state index in [-0.39, 0.29) is 43.0 Å². The fourth-order valence-corrected chi connectivity index (χ4v) is 11.5. The molecule has 3 aromatic heterocycles. The summed E-state index contributed by atoms with van der Waals surface area (Å²) >= 11 is 1.41. The largest absolute Gasteiger partial charge is 0.464 e. The number of urea groups is 1. The van der Waals surface area contributed by atoms with Gasteiger partial charge in [-0.3, -0.25) is 29.2 Å². The van der Waals surface area contributed by atoms with E-state index in [0.29, 0.717) is 67.1 Å². The lowest BCUT2D eigenvalue weighted by atomic mass is 9.84. The van der Waals surface area contributed by atoms with Gasteiger partial charge in [0.15, 0.2) is 0 Å². The Morgan fingerprint density at radius 3 is 2.63 bits per heavy atom. The molecule has 3 aliphatic rings. The third kappa shape index (κ3) is 10.1. The minimum absolute atomic E-state index is 0.0726. The van der Waals surface area contributed by atoms with Crippen LogP contribution in [0.25, 0.3) is 33.4 Å². The molecule has 6 heterocycles. The van der Waals surface area contributed by atoms with E-state index in [9.17, 15) is 24.0 Å². The second kappa shape index (κ2) is 20.0. The number of ether oxygens (including phenoxy) is 2. The van der Waals surface area contributed by atoms with Gasteiger partial charge in [-0.05, 0) is 81.4 Å². The Hall–Kier alpha value is -5.43. The number of rotatable bonds is 10. The number of benzene rings is 1. The second-order valence-electron chi connectivity index (χ2n) is 19.6. The minimum atomic E-state index is -1.10. The summed E-state index contributed by atoms with van der Waals surface area (Å²) in [7, 11) is 5.30. The number of hydrogen-bond donors (Lipinski definition) is 2. The first-order valence-corrected chi connectivity index (χ1v) is 25.2. The molecule has 2 saturated heterocycles. The predicted molar refractivity (Wildman–Crippen MR) is 263 cm³/mol. The van der Waals surface area contributed by atoms with E-state index < -0.39 is 40.4 Å². The number of thiazole rings is 1. The highest BCUT2D eigenvalue weighted by Crippen LogP contribution is 2.42. The number of carbonyl (C=O) groups is 5. The molecule has 4 aromatic rings. The molecular formula is C49H67N9O7SSi. The standard InChI is InChI=1S/C49H67N9O7SSi/c1-11-40(59)56-22-18-32(26-56)54(8)47(63)55(9)42(29(3)4)44(60)52-36-24-39-51-37(27-66-39)31-16-17-38-34(23-31)35(43(57(38)12-2)33-15-13-20-50-41(33)30(5)64-10)25-48(6,7)28-65-46(62)49(67)19-14-21-58(53-49)45(36)61/h11,13,15-17,20,23,27,29-30,32,36,42,53H,1,12,14,18-19,21-22,24-26,28H2,2-10,67H3,(H,52,60)/t30-,32-,36-,42-,49-/m0/s1. The number of likely N-dealkylation sites (N-methyl/N-ethyl adjacent to an activating group) is 2. The van der Waals surface area contributed by atoms with Crippen molar-refractivity contribution in [2.45, 2.75) is 110 Å². The number of nitrogens with zero attached hydrogens (tertiary/aromatic N) is 7. The van der Waals surface area contributed by atoms with Gasteiger partial charge in [0.05, 0.1) is 40.8 Å². The molecule has 1 aromatic carbocycles. The van der Waals surface area contributed by atoms with Crippen molar-refractivity contribution in [3.63, 3.8) is 0 Å². The van der Waals surface area contributed by atoms with E-state index in [1.54, 1.807) is 37.2 Å². The number of aryl methyl sites for hydroxylation is 1. The van der Waals surface area contributed by atoms with Crippen molar-refractivity contribution in [1.82, 2.24) is 45.0 Å². The van der Waals surface area contributed by atoms with Gasteiger partial charge in [-0.1, -0.05) is 40.3 Å². The van der Waals surface area contributed by atoms with Gasteiger partial charge in [0.2, 0.25) is 11.8 Å². The number of nitrogens with one attached hydrogen (secondary N) is 2. The lowest BCUT2D eigenvalue weighted by molar-refractivity contribution is -0.158. The Morgan fingerprint density at radius 1 is 1.16 bits per heavy atom. The number of fused-ring (bicyclic) bond motifs is 6. The topological polar surface area (TPSA) is 172 Å². The van der Waals surface area contributed by atoms with Crippen LogP contribution in [0.15, 0.2) is 54.6 Å². The number of esters is 1. The average Bonchev–Trinajstić information content (AvgIpc) is 4.07. The lowest BCUT2D eigenvalue weighted by Crippen LogP contribution is -2.67. The summed E-state index contributed by atoms with van der Waals surface area (Å²) in [5, 5.41) is 7.07. The second-order valence-corrected chi connectivity index (χ2v) is 22.2. The number of pyridine rings is 1. The van der Waals surface area contributed by atoms with Gasteiger partial charge < -0.3 is 34.1 Å². The minimum Gasteiger partial charge on any atom is -0.464 e. The third-order valence-electron chi connectivity index (χ3n) is 13.7. The third-order valence-corrected chi connectivity index (χ3v) is 15.7. The first-order valence-electron chi connectivity index (χ1n) is 23.4. The highest BCUT2D eigenvalue weighted by Gasteiger charge is 2.44. The summed E-state index contributed by atoms with van der Waals surface area (Å²) in [6, 6.07) is 7.77. The lowest BCUT2D eigenvalue weighted by Gasteiger charge is -2.42. The van der Waals surface area contributed by atoms with Crippen LogP contribution in [0.1, 0.15) is 83.2 Å². The zero-order valence-electron chi connectivity index (χ0n) is 40.7. The average molecular weight is 954 g/mol. The number of hydrazine groups is 1. The maximum atomic E-state index is 14.8. The molecule has 2 N–H and O–H groups in total. The molecule has 5 atom stereocenters. The van der Waals surface area contributed by atoms with Crippen LogP contribution in [0, 0.1) is 11.3 Å². The molecule has 360 valence electrons. The van der Waals surface area contributed by atoms with Crippen molar-refractivity contribution in [2.75, 3.05) is 47.4 Å². The van der Waals surface area contributed by atoms with Crippen LogP contribution >= 0.6 is 11.3 Å². The van der Waals surface area contributed by atoms with Gasteiger partial charge in [-0.25, -0.2) is 15.2 Å². The van der Waals surface area contributed by atoms with Crippen LogP contribution in [0.5, 0.6) is 0 Å². The van der Waals surface area contributed by atoms with Crippen molar-refractivity contribution in [3.05, 3.63) is 70.8 Å². The Morgan fingerprint density at radius 2 is 1.93 bits per heavy atom. The number of carbonyl (C=O) groups excluding carboxylic acids is 5. The van der Waals surface area contributed by atoms with Crippen molar-refractivity contribution in [1.29, 1.82) is 0 Å². The molecule has 0 saturated carbocycles. The molecular weight excluding hydrogens is 887 g/mol. The van der Waals surface area contributed by atoms with Gasteiger partial charge in [0, 0.05) is 103 Å². The van der Waals surface area contributed by atoms with E-state index in [0.717, 1.165) is 44.7 Å². The number of hydrogen-bond acceptors (Lipinski definition) is 11. The molecule has 0 radical (unpaired) electrons. The van der Waals surface area contributed by atoms with Crippen LogP contribution < -0.4 is 10.7 Å². The molecule has 6 bridgehead atoms. The van der Waals surface area contributed by atoms with Crippen molar-refractivity contribution in [2.24, 2.45) is 11.3 Å². The predicted octanol–water partition coefficient (Wildman–Crippen LogP) is 4.69. The highest BCUT2D eigenvalue weighted by molar-refractivity contribution is 7.10. The first kappa shape index (κ1) is 49.5. The molecule has 0 spiro atoms. The van der Waals surface area contributed by atoms with E-state index >= 15 is 0 Å². The van der Waals surface area contributed by atoms with Gasteiger partial charge >= 0.3 is 12.0 Å². The Labute approximate surface area is 400 Å². The number of amides is 5. The van der Waals surface area contributed by atoms with Crippen LogP contribution in [-0.4, -0.2) is 145 Å². The molecule has 3 aliphatic heterocycles. The number of cyclic esters (lactones) is 1. The fourth-order valence-electron chi connectivity index (χ4n) is 9.91. The first-order chi connectivity index (χ1) is 31.8.